The summed E-state index contributed by atoms with van der Waals surface area (Å²) in [4.78, 5) is 0. The minimum atomic E-state index is 0. The van der Waals surface area contributed by atoms with Crippen LogP contribution in [0.3, 0.4) is 0 Å². The second-order valence-electron chi connectivity index (χ2n) is 6.29. The van der Waals surface area contributed by atoms with Crippen molar-refractivity contribution in [2.45, 2.75) is 26.9 Å². The summed E-state index contributed by atoms with van der Waals surface area (Å²) in [5, 5.41) is 5.39. The van der Waals surface area contributed by atoms with Gasteiger partial charge in [-0.3, -0.25) is 6.08 Å². The van der Waals surface area contributed by atoms with Crippen LogP contribution in [0.25, 0.3) is 21.5 Å². The van der Waals surface area contributed by atoms with Crippen molar-refractivity contribution >= 4 is 52.5 Å². The number of hydrogen-bond acceptors (Lipinski definition) is 0. The van der Waals surface area contributed by atoms with E-state index in [0.717, 1.165) is 0 Å². The minimum absolute atomic E-state index is 0. The molecule has 1 atom stereocenters. The van der Waals surface area contributed by atoms with Crippen LogP contribution in [0.15, 0.2) is 72.3 Å². The molecule has 0 saturated heterocycles. The molecule has 0 fully saturated rings. The fourth-order valence-electron chi connectivity index (χ4n) is 2.65. The SMILES string of the molecule is CC1=[C-]C(C)C=C1.C[Si](C)=[Ti+2].Cl.Cl.c1ccc2c(c1)[cH-]c1ccccc12. The summed E-state index contributed by atoms with van der Waals surface area (Å²) < 4.78 is 0. The number of fused-ring (bicyclic) bond motifs is 3. The van der Waals surface area contributed by atoms with E-state index in [1.165, 1.54) is 27.1 Å². The van der Waals surface area contributed by atoms with Gasteiger partial charge >= 0.3 is 38.5 Å². The van der Waals surface area contributed by atoms with Crippen molar-refractivity contribution in [1.29, 1.82) is 0 Å². The van der Waals surface area contributed by atoms with Crippen molar-refractivity contribution in [2.24, 2.45) is 5.92 Å². The number of allylic oxidation sites excluding steroid dienone is 4. The molecule has 1 unspecified atom stereocenters. The third-order valence-electron chi connectivity index (χ3n) is 3.61. The Morgan fingerprint density at radius 3 is 1.65 bits per heavy atom. The van der Waals surface area contributed by atoms with Gasteiger partial charge in [0.15, 0.2) is 0 Å². The Kier molecular flexibility index (Phi) is 12.3. The molecule has 0 saturated carbocycles. The van der Waals surface area contributed by atoms with Crippen molar-refractivity contribution in [3.05, 3.63) is 78.4 Å². The third-order valence-corrected chi connectivity index (χ3v) is 3.61. The molecule has 136 valence electrons. The first-order chi connectivity index (χ1) is 11.5. The van der Waals surface area contributed by atoms with E-state index in [4.69, 9.17) is 0 Å². The standard InChI is InChI=1S/C13H9.C7H9.C2H6Si.2ClH.Ti/c1-3-7-12-10(5-1)9-11-6-2-4-8-13(11)12;1-6-3-4-7(2)5-6;1-3-2;;;/h1-9H;3-4,6H,1-2H3;1-2H3;2*1H;/q2*-1;;;;+2. The fraction of sp³-hybridized carbons (Fsp3) is 0.227. The van der Waals surface area contributed by atoms with Gasteiger partial charge in [-0.15, -0.1) is 64.6 Å². The van der Waals surface area contributed by atoms with Crippen molar-refractivity contribution in [3.63, 3.8) is 0 Å². The predicted octanol–water partition coefficient (Wildman–Crippen LogP) is 7.28. The normalized spacial score (nSPS) is 14.2. The molecule has 0 spiro atoms. The van der Waals surface area contributed by atoms with Gasteiger partial charge < -0.3 is 0 Å². The molecule has 3 aromatic carbocycles. The Hall–Kier alpha value is -0.699. The number of rotatable bonds is 0. The molecule has 4 rings (SSSR count). The summed E-state index contributed by atoms with van der Waals surface area (Å²) in [7, 11) is 0. The first kappa shape index (κ1) is 25.3. The maximum Gasteiger partial charge on any atom is -0.0771 e. The molecule has 0 radical (unpaired) electrons. The first-order valence-corrected chi connectivity index (χ1v) is 13.1. The van der Waals surface area contributed by atoms with E-state index in [2.05, 4.69) is 119 Å². The van der Waals surface area contributed by atoms with E-state index in [-0.39, 0.29) is 31.0 Å². The van der Waals surface area contributed by atoms with Crippen LogP contribution < -0.4 is 0 Å². The van der Waals surface area contributed by atoms with E-state index in [1.54, 1.807) is 0 Å². The van der Waals surface area contributed by atoms with Gasteiger partial charge in [-0.2, -0.15) is 6.08 Å². The van der Waals surface area contributed by atoms with E-state index in [1.807, 2.05) is 0 Å². The summed E-state index contributed by atoms with van der Waals surface area (Å²) in [6.45, 7) is 8.74. The molecule has 1 aliphatic rings. The maximum absolute atomic E-state index is 3.22. The molecule has 4 heteroatoms. The van der Waals surface area contributed by atoms with Gasteiger partial charge in [-0.25, -0.2) is 11.6 Å². The van der Waals surface area contributed by atoms with Crippen LogP contribution in [-0.2, 0) is 19.2 Å². The van der Waals surface area contributed by atoms with Crippen LogP contribution in [0.2, 0.25) is 13.1 Å². The molecule has 0 amide bonds. The van der Waals surface area contributed by atoms with Crippen molar-refractivity contribution < 1.29 is 19.2 Å². The summed E-state index contributed by atoms with van der Waals surface area (Å²) in [6.07, 6.45) is 7.59. The molecule has 0 heterocycles. The Bertz CT molecular complexity index is 839. The van der Waals surface area contributed by atoms with Crippen LogP contribution in [-0.4, -0.2) is 6.19 Å². The number of benzene rings is 2. The molecule has 0 aromatic heterocycles. The van der Waals surface area contributed by atoms with Gasteiger partial charge in [0.1, 0.15) is 0 Å². The molecule has 3 aromatic rings. The number of hydrogen-bond donors (Lipinski definition) is 0. The average Bonchev–Trinajstić information content (AvgIpc) is 3.10. The molecule has 0 bridgehead atoms. The monoisotopic (exact) mass is 436 g/mol. The molecule has 0 nitrogen and oxygen atoms in total. The summed E-state index contributed by atoms with van der Waals surface area (Å²) in [5.41, 5.74) is 1.27. The predicted molar refractivity (Wildman–Crippen MR) is 120 cm³/mol. The molecule has 26 heavy (non-hydrogen) atoms. The van der Waals surface area contributed by atoms with Crippen LogP contribution in [0.4, 0.5) is 0 Å². The van der Waals surface area contributed by atoms with Crippen LogP contribution >= 0.6 is 24.8 Å². The quantitative estimate of drug-likeness (QED) is 0.256. The Balaban J connectivity index is 0.000000415. The van der Waals surface area contributed by atoms with Crippen molar-refractivity contribution in [1.82, 2.24) is 0 Å². The number of halogens is 2. The molecule has 0 N–H and O–H groups in total. The second kappa shape index (κ2) is 12.6. The zero-order valence-corrected chi connectivity index (χ0v) is 19.9. The smallest absolute Gasteiger partial charge is 0.0771 e. The zero-order chi connectivity index (χ0) is 17.5. The van der Waals surface area contributed by atoms with Crippen molar-refractivity contribution in [2.75, 3.05) is 0 Å². The minimum Gasteiger partial charge on any atom is -0.147 e. The van der Waals surface area contributed by atoms with Gasteiger partial charge in [0.2, 0.25) is 0 Å². The van der Waals surface area contributed by atoms with Gasteiger partial charge in [0.05, 0.1) is 0 Å². The zero-order valence-electron chi connectivity index (χ0n) is 15.7. The summed E-state index contributed by atoms with van der Waals surface area (Å²) in [6, 6.07) is 19.3. The van der Waals surface area contributed by atoms with Crippen LogP contribution in [0.5, 0.6) is 0 Å². The Labute approximate surface area is 182 Å². The van der Waals surface area contributed by atoms with E-state index in [0.29, 0.717) is 5.92 Å². The van der Waals surface area contributed by atoms with Gasteiger partial charge in [-0.1, -0.05) is 56.2 Å². The average molecular weight is 437 g/mol. The molecule has 0 aliphatic heterocycles. The largest absolute Gasteiger partial charge is 0.147 e. The molecular weight excluding hydrogens is 411 g/mol. The maximum atomic E-state index is 3.22. The van der Waals surface area contributed by atoms with E-state index >= 15 is 0 Å². The molecular formula is C22H26Cl2SiTi. The second-order valence-corrected chi connectivity index (χ2v) is 13.0. The Morgan fingerprint density at radius 2 is 1.35 bits per heavy atom. The topological polar surface area (TPSA) is 0 Å². The van der Waals surface area contributed by atoms with Gasteiger partial charge in [-0.05, 0) is 0 Å². The van der Waals surface area contributed by atoms with E-state index < -0.39 is 0 Å². The van der Waals surface area contributed by atoms with Crippen LogP contribution in [0, 0.1) is 12.0 Å². The Morgan fingerprint density at radius 1 is 0.923 bits per heavy atom. The first-order valence-electron chi connectivity index (χ1n) is 8.30. The van der Waals surface area contributed by atoms with Gasteiger partial charge in [0.25, 0.3) is 0 Å². The van der Waals surface area contributed by atoms with Crippen molar-refractivity contribution in [3.8, 4) is 0 Å². The van der Waals surface area contributed by atoms with Gasteiger partial charge in [0, 0.05) is 0 Å². The third kappa shape index (κ3) is 7.90. The molecule has 1 aliphatic carbocycles. The van der Waals surface area contributed by atoms with Crippen LogP contribution in [0.1, 0.15) is 13.8 Å². The summed E-state index contributed by atoms with van der Waals surface area (Å²) >= 11 is 2.27. The fourth-order valence-corrected chi connectivity index (χ4v) is 2.65. The van der Waals surface area contributed by atoms with E-state index in [9.17, 15) is 0 Å². The summed E-state index contributed by atoms with van der Waals surface area (Å²) in [5.74, 6) is 0.556.